The van der Waals surface area contributed by atoms with Crippen LogP contribution in [0.2, 0.25) is 0 Å². The second-order valence-electron chi connectivity index (χ2n) is 6.36. The lowest BCUT2D eigenvalue weighted by molar-refractivity contribution is 0.0795. The normalized spacial score (nSPS) is 17.8. The van der Waals surface area contributed by atoms with Crippen LogP contribution in [-0.4, -0.2) is 51.3 Å². The Kier molecular flexibility index (Phi) is 4.37. The van der Waals surface area contributed by atoms with Crippen LogP contribution in [0.3, 0.4) is 0 Å². The first-order valence-corrected chi connectivity index (χ1v) is 8.45. The van der Waals surface area contributed by atoms with Gasteiger partial charge in [0.05, 0.1) is 24.5 Å². The molecule has 1 saturated heterocycles. The Morgan fingerprint density at radius 2 is 2.00 bits per heavy atom. The van der Waals surface area contributed by atoms with Crippen LogP contribution in [0.5, 0.6) is 0 Å². The number of rotatable bonds is 5. The van der Waals surface area contributed by atoms with Crippen LogP contribution in [-0.2, 0) is 6.54 Å². The maximum Gasteiger partial charge on any atom is 0.244 e. The van der Waals surface area contributed by atoms with E-state index < -0.39 is 0 Å². The van der Waals surface area contributed by atoms with E-state index in [1.807, 2.05) is 25.1 Å². The van der Waals surface area contributed by atoms with E-state index in [0.29, 0.717) is 17.5 Å². The van der Waals surface area contributed by atoms with Gasteiger partial charge in [-0.25, -0.2) is 0 Å². The van der Waals surface area contributed by atoms with Crippen molar-refractivity contribution in [3.63, 3.8) is 0 Å². The van der Waals surface area contributed by atoms with E-state index in [4.69, 9.17) is 13.5 Å². The van der Waals surface area contributed by atoms with Crippen LogP contribution in [0, 0.1) is 6.92 Å². The summed E-state index contributed by atoms with van der Waals surface area (Å²) in [6, 6.07) is 5.70. The number of aromatic nitrogens is 3. The smallest absolute Gasteiger partial charge is 0.244 e. The largest absolute Gasteiger partial charge is 0.461 e. The number of hydrogen-bond acceptors (Lipinski definition) is 8. The maximum absolute atomic E-state index is 5.43. The van der Waals surface area contributed by atoms with Gasteiger partial charge in [0.1, 0.15) is 0 Å². The second kappa shape index (κ2) is 6.81. The molecule has 1 atom stereocenters. The molecule has 0 unspecified atom stereocenters. The molecular weight excluding hydrogens is 322 g/mol. The van der Waals surface area contributed by atoms with Crippen molar-refractivity contribution in [1.82, 2.24) is 25.1 Å². The van der Waals surface area contributed by atoms with Gasteiger partial charge < -0.3 is 13.5 Å². The fraction of sp³-hybridized carbons (Fsp3) is 0.471. The third-order valence-electron chi connectivity index (χ3n) is 4.55. The lowest BCUT2D eigenvalue weighted by Gasteiger charge is -2.36. The molecule has 0 saturated carbocycles. The standard InChI is InChI=1S/C17H21N5O3/c1-12-10-14(24-19-12)11-21-5-7-22(8-6-21)13(2)17-18-16(20-25-17)15-4-3-9-23-15/h3-4,9-10,13H,5-8,11H2,1-2H3/t13-/m0/s1. The number of furan rings is 1. The third kappa shape index (κ3) is 3.49. The van der Waals surface area contributed by atoms with Crippen LogP contribution in [0.15, 0.2) is 37.9 Å². The molecular formula is C17H21N5O3. The fourth-order valence-corrected chi connectivity index (χ4v) is 3.09. The van der Waals surface area contributed by atoms with Crippen LogP contribution < -0.4 is 0 Å². The molecule has 0 aromatic carbocycles. The highest BCUT2D eigenvalue weighted by molar-refractivity contribution is 5.44. The zero-order chi connectivity index (χ0) is 17.2. The second-order valence-corrected chi connectivity index (χ2v) is 6.36. The van der Waals surface area contributed by atoms with Gasteiger partial charge in [0.25, 0.3) is 0 Å². The van der Waals surface area contributed by atoms with E-state index in [-0.39, 0.29) is 6.04 Å². The number of nitrogens with zero attached hydrogens (tertiary/aromatic N) is 5. The predicted molar refractivity (Wildman–Crippen MR) is 88.5 cm³/mol. The zero-order valence-corrected chi connectivity index (χ0v) is 14.4. The average Bonchev–Trinajstić information content (AvgIpc) is 3.36. The molecule has 0 bridgehead atoms. The van der Waals surface area contributed by atoms with Crippen LogP contribution in [0.25, 0.3) is 11.6 Å². The van der Waals surface area contributed by atoms with Crippen molar-refractivity contribution in [2.24, 2.45) is 0 Å². The minimum atomic E-state index is 0.0749. The van der Waals surface area contributed by atoms with E-state index in [0.717, 1.165) is 44.2 Å². The summed E-state index contributed by atoms with van der Waals surface area (Å²) in [5.74, 6) is 2.64. The molecule has 8 heteroatoms. The van der Waals surface area contributed by atoms with Gasteiger partial charge in [-0.3, -0.25) is 9.80 Å². The molecule has 132 valence electrons. The van der Waals surface area contributed by atoms with Gasteiger partial charge in [-0.15, -0.1) is 0 Å². The lowest BCUT2D eigenvalue weighted by atomic mass is 10.2. The molecule has 8 nitrogen and oxygen atoms in total. The summed E-state index contributed by atoms with van der Waals surface area (Å²) >= 11 is 0. The highest BCUT2D eigenvalue weighted by atomic mass is 16.5. The molecule has 1 aliphatic heterocycles. The highest BCUT2D eigenvalue weighted by Gasteiger charge is 2.26. The molecule has 0 radical (unpaired) electrons. The predicted octanol–water partition coefficient (Wildman–Crippen LogP) is 2.50. The lowest BCUT2D eigenvalue weighted by Crippen LogP contribution is -2.46. The Bertz CT molecular complexity index is 802. The van der Waals surface area contributed by atoms with Crippen molar-refractivity contribution in [2.75, 3.05) is 26.2 Å². The SMILES string of the molecule is Cc1cc(CN2CCN([C@@H](C)c3nc(-c4ccco4)no3)CC2)on1. The van der Waals surface area contributed by atoms with E-state index in [9.17, 15) is 0 Å². The Balaban J connectivity index is 1.34. The van der Waals surface area contributed by atoms with Crippen LogP contribution in [0.1, 0.15) is 30.3 Å². The maximum atomic E-state index is 5.43. The van der Waals surface area contributed by atoms with Crippen molar-refractivity contribution < 1.29 is 13.5 Å². The number of piperazine rings is 1. The number of hydrogen-bond donors (Lipinski definition) is 0. The molecule has 25 heavy (non-hydrogen) atoms. The van der Waals surface area contributed by atoms with Gasteiger partial charge >= 0.3 is 0 Å². The van der Waals surface area contributed by atoms with E-state index in [1.54, 1.807) is 6.26 Å². The zero-order valence-electron chi connectivity index (χ0n) is 14.4. The summed E-state index contributed by atoms with van der Waals surface area (Å²) in [6.07, 6.45) is 1.60. The summed E-state index contributed by atoms with van der Waals surface area (Å²) in [5, 5.41) is 7.95. The van der Waals surface area contributed by atoms with Crippen molar-refractivity contribution in [3.8, 4) is 11.6 Å². The Hall–Kier alpha value is -2.45. The highest BCUT2D eigenvalue weighted by Crippen LogP contribution is 2.24. The van der Waals surface area contributed by atoms with Gasteiger partial charge in [0.15, 0.2) is 11.5 Å². The molecule has 4 rings (SSSR count). The summed E-state index contributed by atoms with van der Waals surface area (Å²) < 4.78 is 16.0. The van der Waals surface area contributed by atoms with Gasteiger partial charge in [-0.1, -0.05) is 10.3 Å². The molecule has 3 aromatic rings. The molecule has 0 N–H and O–H groups in total. The van der Waals surface area contributed by atoms with Gasteiger partial charge in [-0.2, -0.15) is 4.98 Å². The molecule has 1 fully saturated rings. The molecule has 0 spiro atoms. The first-order chi connectivity index (χ1) is 12.2. The van der Waals surface area contributed by atoms with E-state index in [2.05, 4.69) is 32.0 Å². The number of aryl methyl sites for hydroxylation is 1. The summed E-state index contributed by atoms with van der Waals surface area (Å²) in [5.41, 5.74) is 0.922. The summed E-state index contributed by atoms with van der Waals surface area (Å²) in [4.78, 5) is 9.18. The minimum Gasteiger partial charge on any atom is -0.461 e. The van der Waals surface area contributed by atoms with Gasteiger partial charge in [0, 0.05) is 32.2 Å². The Morgan fingerprint density at radius 3 is 2.68 bits per heavy atom. The minimum absolute atomic E-state index is 0.0749. The first-order valence-electron chi connectivity index (χ1n) is 8.45. The third-order valence-corrected chi connectivity index (χ3v) is 4.55. The van der Waals surface area contributed by atoms with Crippen LogP contribution in [0.4, 0.5) is 0 Å². The van der Waals surface area contributed by atoms with Crippen molar-refractivity contribution in [2.45, 2.75) is 26.4 Å². The van der Waals surface area contributed by atoms with E-state index in [1.165, 1.54) is 0 Å². The molecule has 3 aromatic heterocycles. The Labute approximate surface area is 145 Å². The molecule has 4 heterocycles. The summed E-state index contributed by atoms with van der Waals surface area (Å²) in [6.45, 7) is 8.63. The van der Waals surface area contributed by atoms with Crippen molar-refractivity contribution in [3.05, 3.63) is 41.8 Å². The van der Waals surface area contributed by atoms with Crippen LogP contribution >= 0.6 is 0 Å². The fourth-order valence-electron chi connectivity index (χ4n) is 3.09. The van der Waals surface area contributed by atoms with Crippen molar-refractivity contribution in [1.29, 1.82) is 0 Å². The first kappa shape index (κ1) is 16.0. The Morgan fingerprint density at radius 1 is 1.16 bits per heavy atom. The molecule has 1 aliphatic rings. The summed E-state index contributed by atoms with van der Waals surface area (Å²) in [7, 11) is 0. The van der Waals surface area contributed by atoms with Gasteiger partial charge in [0.2, 0.25) is 11.7 Å². The van der Waals surface area contributed by atoms with Crippen molar-refractivity contribution >= 4 is 0 Å². The van der Waals surface area contributed by atoms with Gasteiger partial charge in [-0.05, 0) is 26.0 Å². The quantitative estimate of drug-likeness (QED) is 0.698. The monoisotopic (exact) mass is 343 g/mol. The molecule has 0 amide bonds. The average molecular weight is 343 g/mol. The van der Waals surface area contributed by atoms with E-state index >= 15 is 0 Å². The topological polar surface area (TPSA) is 84.6 Å². The molecule has 0 aliphatic carbocycles.